The summed E-state index contributed by atoms with van der Waals surface area (Å²) in [5, 5.41) is 19.9. The molecule has 0 aliphatic heterocycles. The van der Waals surface area contributed by atoms with Gasteiger partial charge in [-0.05, 0) is 57.3 Å². The Kier molecular flexibility index (Phi) is 20.7. The highest BCUT2D eigenvalue weighted by molar-refractivity contribution is 5.71. The van der Waals surface area contributed by atoms with Crippen LogP contribution in [0.2, 0.25) is 0 Å². The molecule has 0 saturated heterocycles. The molecule has 1 heterocycles. The Labute approximate surface area is 239 Å². The van der Waals surface area contributed by atoms with Crippen LogP contribution < -0.4 is 0 Å². The van der Waals surface area contributed by atoms with Crippen molar-refractivity contribution in [3.8, 4) is 6.07 Å². The number of unbranched alkanes of at least 4 members (excludes halogenated alkanes) is 2. The third-order valence-electron chi connectivity index (χ3n) is 5.65. The molecule has 0 saturated carbocycles. The number of esters is 1. The van der Waals surface area contributed by atoms with Crippen LogP contribution in [0, 0.1) is 17.2 Å². The van der Waals surface area contributed by atoms with E-state index in [2.05, 4.69) is 50.5 Å². The minimum atomic E-state index is -0.143. The number of nitrogens with one attached hydrogen (secondary N) is 1. The van der Waals surface area contributed by atoms with Gasteiger partial charge in [-0.2, -0.15) is 15.6 Å². The van der Waals surface area contributed by atoms with E-state index in [0.717, 1.165) is 49.0 Å². The summed E-state index contributed by atoms with van der Waals surface area (Å²) in [4.78, 5) is 20.6. The number of rotatable bonds is 13. The zero-order valence-electron chi connectivity index (χ0n) is 25.1. The zero-order valence-corrected chi connectivity index (χ0v) is 25.1. The number of H-pyrrole nitrogens is 1. The molecule has 1 aromatic heterocycles. The molecule has 2 rings (SSSR count). The minimum Gasteiger partial charge on any atom is -0.498 e. The minimum absolute atomic E-state index is 0.0494. The van der Waals surface area contributed by atoms with Crippen molar-refractivity contribution < 1.29 is 23.8 Å². The van der Waals surface area contributed by atoms with Gasteiger partial charge in [0, 0.05) is 5.92 Å². The van der Waals surface area contributed by atoms with Crippen LogP contribution >= 0.6 is 0 Å². The first kappa shape index (κ1) is 36.1. The van der Waals surface area contributed by atoms with Crippen LogP contribution in [0.5, 0.6) is 0 Å². The SMILES string of the molecule is C/C=C\C1=C\C(c2n[nH]nc2C#N)C=C/C=C(/C=C(\C)OCCCCCC(C)C(=O)OC)C1.CC.CCOC=O. The molecule has 2 unspecified atom stereocenters. The molecule has 0 fully saturated rings. The average Bonchev–Trinajstić information content (AvgIpc) is 3.43. The summed E-state index contributed by atoms with van der Waals surface area (Å²) in [6, 6.07) is 2.09. The highest BCUT2D eigenvalue weighted by Crippen LogP contribution is 2.27. The summed E-state index contributed by atoms with van der Waals surface area (Å²) in [6.07, 6.45) is 18.9. The smallest absolute Gasteiger partial charge is 0.308 e. The van der Waals surface area contributed by atoms with Gasteiger partial charge in [0.15, 0.2) is 5.69 Å². The van der Waals surface area contributed by atoms with Gasteiger partial charge in [-0.1, -0.05) is 70.1 Å². The largest absolute Gasteiger partial charge is 0.498 e. The van der Waals surface area contributed by atoms with E-state index < -0.39 is 0 Å². The number of aromatic nitrogens is 3. The Bertz CT molecular complexity index is 1060. The van der Waals surface area contributed by atoms with Crippen LogP contribution in [-0.4, -0.2) is 48.2 Å². The number of nitrogens with zero attached hydrogens (tertiary/aromatic N) is 3. The molecular weight excluding hydrogens is 508 g/mol. The molecule has 1 aliphatic rings. The normalized spacial score (nSPS) is 18.1. The maximum Gasteiger partial charge on any atom is 0.308 e. The van der Waals surface area contributed by atoms with Gasteiger partial charge in [0.05, 0.1) is 32.0 Å². The Hall–Kier alpha value is -3.93. The number of hydrogen-bond donors (Lipinski definition) is 1. The first-order chi connectivity index (χ1) is 19.4. The van der Waals surface area contributed by atoms with E-state index in [1.54, 1.807) is 6.92 Å². The number of aromatic amines is 1. The lowest BCUT2D eigenvalue weighted by molar-refractivity contribution is -0.145. The Morgan fingerprint density at radius 1 is 1.25 bits per heavy atom. The van der Waals surface area contributed by atoms with E-state index in [4.69, 9.17) is 9.47 Å². The van der Waals surface area contributed by atoms with Crippen molar-refractivity contribution in [3.63, 3.8) is 0 Å². The van der Waals surface area contributed by atoms with E-state index in [1.165, 1.54) is 7.11 Å². The van der Waals surface area contributed by atoms with Gasteiger partial charge in [-0.3, -0.25) is 9.59 Å². The average molecular weight is 555 g/mol. The third kappa shape index (κ3) is 14.9. The van der Waals surface area contributed by atoms with Crippen LogP contribution in [-0.2, 0) is 23.8 Å². The zero-order chi connectivity index (χ0) is 30.2. The van der Waals surface area contributed by atoms with Crippen molar-refractivity contribution in [2.45, 2.75) is 79.6 Å². The van der Waals surface area contributed by atoms with E-state index >= 15 is 0 Å². The number of carbonyl (C=O) groups excluding carboxylic acids is 2. The van der Waals surface area contributed by atoms with Crippen LogP contribution in [0.1, 0.15) is 91.0 Å². The summed E-state index contributed by atoms with van der Waals surface area (Å²) < 4.78 is 14.8. The highest BCUT2D eigenvalue weighted by Gasteiger charge is 2.17. The maximum atomic E-state index is 11.4. The van der Waals surface area contributed by atoms with Crippen LogP contribution in [0.15, 0.2) is 59.4 Å². The molecule has 0 amide bonds. The third-order valence-corrected chi connectivity index (χ3v) is 5.65. The molecule has 1 aromatic rings. The lowest BCUT2D eigenvalue weighted by Gasteiger charge is -2.13. The van der Waals surface area contributed by atoms with Gasteiger partial charge >= 0.3 is 5.97 Å². The van der Waals surface area contributed by atoms with Crippen molar-refractivity contribution in [3.05, 3.63) is 70.8 Å². The summed E-state index contributed by atoms with van der Waals surface area (Å²) in [6.45, 7) is 13.2. The van der Waals surface area contributed by atoms with E-state index in [9.17, 15) is 14.9 Å². The molecule has 9 nitrogen and oxygen atoms in total. The molecule has 0 bridgehead atoms. The van der Waals surface area contributed by atoms with Gasteiger partial charge < -0.3 is 14.2 Å². The van der Waals surface area contributed by atoms with Crippen molar-refractivity contribution in [1.29, 1.82) is 5.26 Å². The van der Waals surface area contributed by atoms with Crippen LogP contribution in [0.25, 0.3) is 0 Å². The van der Waals surface area contributed by atoms with Crippen molar-refractivity contribution in [1.82, 2.24) is 15.4 Å². The monoisotopic (exact) mass is 554 g/mol. The summed E-state index contributed by atoms with van der Waals surface area (Å²) in [5.41, 5.74) is 3.21. The van der Waals surface area contributed by atoms with E-state index in [-0.39, 0.29) is 17.8 Å². The van der Waals surface area contributed by atoms with Crippen molar-refractivity contribution in [2.75, 3.05) is 20.3 Å². The number of hydrogen-bond acceptors (Lipinski definition) is 8. The number of ether oxygens (including phenoxy) is 3. The van der Waals surface area contributed by atoms with Crippen LogP contribution in [0.3, 0.4) is 0 Å². The topological polar surface area (TPSA) is 127 Å². The molecule has 1 N–H and O–H groups in total. The first-order valence-corrected chi connectivity index (χ1v) is 13.9. The predicted octanol–water partition coefficient (Wildman–Crippen LogP) is 6.64. The first-order valence-electron chi connectivity index (χ1n) is 13.9. The summed E-state index contributed by atoms with van der Waals surface area (Å²) in [5.74, 6) is 0.561. The van der Waals surface area contributed by atoms with Crippen molar-refractivity contribution >= 4 is 12.4 Å². The Balaban J connectivity index is 0.00000195. The second-order valence-corrected chi connectivity index (χ2v) is 8.67. The molecule has 0 radical (unpaired) electrons. The van der Waals surface area contributed by atoms with Gasteiger partial charge in [-0.25, -0.2) is 0 Å². The fourth-order valence-electron chi connectivity index (χ4n) is 3.74. The van der Waals surface area contributed by atoms with Crippen molar-refractivity contribution in [2.24, 2.45) is 5.92 Å². The van der Waals surface area contributed by atoms with Gasteiger partial charge in [0.1, 0.15) is 11.8 Å². The number of methoxy groups -OCH3 is 1. The standard InChI is InChI=1S/C26H34N4O3.C3H6O2.C2H6/c1-5-10-21-16-22(12-9-13-23(17-21)25-24(18-27)28-30-29-25)15-20(3)33-14-8-6-7-11-19(2)26(31)32-4;1-2-5-3-4;1-2/h5,9-10,12-13,15,17,19,23H,6-8,11,14,16H2,1-4H3,(H,28,29,30);3H,2H2,1H3;1-2H3/b10-5-,13-9?,20-15+,21-17-,22-12-;;. The summed E-state index contributed by atoms with van der Waals surface area (Å²) >= 11 is 0. The molecule has 0 spiro atoms. The molecular formula is C31H46N4O5. The second-order valence-electron chi connectivity index (χ2n) is 8.67. The maximum absolute atomic E-state index is 11.4. The van der Waals surface area contributed by atoms with Gasteiger partial charge in [0.2, 0.25) is 0 Å². The van der Waals surface area contributed by atoms with Gasteiger partial charge in [0.25, 0.3) is 6.47 Å². The molecule has 9 heteroatoms. The lowest BCUT2D eigenvalue weighted by atomic mass is 9.93. The lowest BCUT2D eigenvalue weighted by Crippen LogP contribution is -2.12. The Morgan fingerprint density at radius 3 is 2.60 bits per heavy atom. The van der Waals surface area contributed by atoms with Crippen LogP contribution in [0.4, 0.5) is 0 Å². The number of carbonyl (C=O) groups is 2. The Morgan fingerprint density at radius 2 is 2.00 bits per heavy atom. The molecule has 0 aromatic carbocycles. The molecule has 220 valence electrons. The quantitative estimate of drug-likeness (QED) is 0.124. The molecule has 40 heavy (non-hydrogen) atoms. The highest BCUT2D eigenvalue weighted by atomic mass is 16.5. The van der Waals surface area contributed by atoms with Gasteiger partial charge in [-0.15, -0.1) is 5.10 Å². The predicted molar refractivity (Wildman–Crippen MR) is 157 cm³/mol. The fourth-order valence-corrected chi connectivity index (χ4v) is 3.74. The number of allylic oxidation sites excluding steroid dienone is 10. The van der Waals surface area contributed by atoms with E-state index in [0.29, 0.717) is 31.1 Å². The molecule has 1 aliphatic carbocycles. The van der Waals surface area contributed by atoms with E-state index in [1.807, 2.05) is 52.8 Å². The second kappa shape index (κ2) is 23.0. The number of nitriles is 1. The molecule has 2 atom stereocenters. The summed E-state index contributed by atoms with van der Waals surface area (Å²) in [7, 11) is 1.43. The fraction of sp³-hybridized carbons (Fsp3) is 0.516.